The average Bonchev–Trinajstić information content (AvgIpc) is 2.99. The number of para-hydroxylation sites is 1. The van der Waals surface area contributed by atoms with Crippen LogP contribution in [0.5, 0.6) is 0 Å². The minimum Gasteiger partial charge on any atom is -0.386 e. The molecule has 3 rings (SSSR count). The van der Waals surface area contributed by atoms with Crippen molar-refractivity contribution >= 4 is 17.4 Å². The molecule has 1 heterocycles. The lowest BCUT2D eigenvalue weighted by molar-refractivity contribution is 0.0786. The Kier molecular flexibility index (Phi) is 4.29. The van der Waals surface area contributed by atoms with Crippen molar-refractivity contribution in [3.63, 3.8) is 0 Å². The quantitative estimate of drug-likeness (QED) is 0.668. The molecule has 0 aliphatic rings. The van der Waals surface area contributed by atoms with Gasteiger partial charge in [-0.05, 0) is 43.7 Å². The Hall–Kier alpha value is -3.12. The van der Waals surface area contributed by atoms with Crippen LogP contribution in [-0.2, 0) is 5.60 Å². The highest BCUT2D eigenvalue weighted by Gasteiger charge is 2.17. The molecular weight excluding hydrogens is 316 g/mol. The SMILES string of the molecule is CC(C)(O)c1ccc(Nc2nn(-c3ccccc3)cc2C(N)=O)cc1. The normalized spacial score (nSPS) is 11.3. The van der Waals surface area contributed by atoms with E-state index in [1.54, 1.807) is 24.7 Å². The van der Waals surface area contributed by atoms with Gasteiger partial charge in [0.1, 0.15) is 5.56 Å². The summed E-state index contributed by atoms with van der Waals surface area (Å²) in [6.07, 6.45) is 1.60. The van der Waals surface area contributed by atoms with Crippen LogP contribution in [0.2, 0.25) is 0 Å². The first kappa shape index (κ1) is 16.7. The summed E-state index contributed by atoms with van der Waals surface area (Å²) in [7, 11) is 0. The summed E-state index contributed by atoms with van der Waals surface area (Å²) in [5.74, 6) is -0.176. The summed E-state index contributed by atoms with van der Waals surface area (Å²) < 4.78 is 1.60. The van der Waals surface area contributed by atoms with Crippen LogP contribution >= 0.6 is 0 Å². The van der Waals surface area contributed by atoms with Crippen LogP contribution in [0.3, 0.4) is 0 Å². The summed E-state index contributed by atoms with van der Waals surface area (Å²) in [6, 6.07) is 16.7. The van der Waals surface area contributed by atoms with Gasteiger partial charge in [0.25, 0.3) is 5.91 Å². The lowest BCUT2D eigenvalue weighted by Crippen LogP contribution is -2.15. The van der Waals surface area contributed by atoms with Crippen molar-refractivity contribution in [1.82, 2.24) is 9.78 Å². The third kappa shape index (κ3) is 3.70. The molecule has 1 aromatic heterocycles. The molecule has 2 aromatic carbocycles. The van der Waals surface area contributed by atoms with Crippen molar-refractivity contribution in [3.8, 4) is 5.69 Å². The van der Waals surface area contributed by atoms with Gasteiger partial charge in [-0.3, -0.25) is 4.79 Å². The number of benzene rings is 2. The fraction of sp³-hybridized carbons (Fsp3) is 0.158. The molecule has 0 aliphatic carbocycles. The summed E-state index contributed by atoms with van der Waals surface area (Å²) in [5.41, 5.74) is 7.23. The van der Waals surface area contributed by atoms with Gasteiger partial charge in [-0.15, -0.1) is 5.10 Å². The van der Waals surface area contributed by atoms with Gasteiger partial charge in [0.15, 0.2) is 5.82 Å². The van der Waals surface area contributed by atoms with Crippen LogP contribution in [0.4, 0.5) is 11.5 Å². The number of amides is 1. The number of hydrogen-bond acceptors (Lipinski definition) is 4. The molecule has 0 unspecified atom stereocenters. The van der Waals surface area contributed by atoms with Crippen LogP contribution in [0.15, 0.2) is 60.8 Å². The molecule has 0 atom stereocenters. The van der Waals surface area contributed by atoms with E-state index in [-0.39, 0.29) is 0 Å². The van der Waals surface area contributed by atoms with Crippen molar-refractivity contribution in [2.24, 2.45) is 5.73 Å². The van der Waals surface area contributed by atoms with E-state index in [0.717, 1.165) is 16.9 Å². The first-order valence-corrected chi connectivity index (χ1v) is 7.89. The van der Waals surface area contributed by atoms with Gasteiger partial charge in [0.05, 0.1) is 11.3 Å². The van der Waals surface area contributed by atoms with E-state index in [0.29, 0.717) is 11.4 Å². The number of aliphatic hydroxyl groups is 1. The fourth-order valence-corrected chi connectivity index (χ4v) is 2.46. The Labute approximate surface area is 145 Å². The van der Waals surface area contributed by atoms with Crippen molar-refractivity contribution < 1.29 is 9.90 Å². The zero-order valence-electron chi connectivity index (χ0n) is 14.1. The summed E-state index contributed by atoms with van der Waals surface area (Å²) in [6.45, 7) is 3.45. The van der Waals surface area contributed by atoms with E-state index in [2.05, 4.69) is 10.4 Å². The van der Waals surface area contributed by atoms with Crippen LogP contribution in [0.25, 0.3) is 5.69 Å². The Morgan fingerprint density at radius 2 is 1.76 bits per heavy atom. The second-order valence-corrected chi connectivity index (χ2v) is 6.30. The maximum absolute atomic E-state index is 11.7. The number of carbonyl (C=O) groups is 1. The third-order valence-electron chi connectivity index (χ3n) is 3.85. The van der Waals surface area contributed by atoms with E-state index >= 15 is 0 Å². The minimum atomic E-state index is -0.911. The standard InChI is InChI=1S/C19H20N4O2/c1-19(2,25)13-8-10-14(11-9-13)21-18-16(17(20)24)12-23(22-18)15-6-4-3-5-7-15/h3-12,25H,1-2H3,(H2,20,24)(H,21,22). The van der Waals surface area contributed by atoms with Crippen molar-refractivity contribution in [2.75, 3.05) is 5.32 Å². The van der Waals surface area contributed by atoms with Gasteiger partial charge in [0.2, 0.25) is 0 Å². The molecule has 0 aliphatic heterocycles. The number of nitrogens with two attached hydrogens (primary N) is 1. The smallest absolute Gasteiger partial charge is 0.254 e. The van der Waals surface area contributed by atoms with E-state index in [9.17, 15) is 9.90 Å². The summed E-state index contributed by atoms with van der Waals surface area (Å²) in [5, 5.41) is 17.6. The van der Waals surface area contributed by atoms with E-state index < -0.39 is 11.5 Å². The van der Waals surface area contributed by atoms with Crippen LogP contribution < -0.4 is 11.1 Å². The third-order valence-corrected chi connectivity index (χ3v) is 3.85. The van der Waals surface area contributed by atoms with Gasteiger partial charge in [-0.1, -0.05) is 30.3 Å². The largest absolute Gasteiger partial charge is 0.386 e. The molecule has 0 spiro atoms. The lowest BCUT2D eigenvalue weighted by Gasteiger charge is -2.18. The molecule has 0 saturated carbocycles. The molecule has 0 radical (unpaired) electrons. The molecule has 1 amide bonds. The minimum absolute atomic E-state index is 0.301. The number of aromatic nitrogens is 2. The Morgan fingerprint density at radius 1 is 1.12 bits per heavy atom. The van der Waals surface area contributed by atoms with Crippen LogP contribution in [-0.4, -0.2) is 20.8 Å². The average molecular weight is 336 g/mol. The number of carbonyl (C=O) groups excluding carboxylic acids is 1. The highest BCUT2D eigenvalue weighted by atomic mass is 16.3. The van der Waals surface area contributed by atoms with Gasteiger partial charge in [-0.25, -0.2) is 4.68 Å². The van der Waals surface area contributed by atoms with Gasteiger partial charge in [-0.2, -0.15) is 0 Å². The molecule has 3 aromatic rings. The number of hydrogen-bond donors (Lipinski definition) is 3. The maximum Gasteiger partial charge on any atom is 0.254 e. The monoisotopic (exact) mass is 336 g/mol. The molecular formula is C19H20N4O2. The van der Waals surface area contributed by atoms with Crippen LogP contribution in [0, 0.1) is 0 Å². The highest BCUT2D eigenvalue weighted by Crippen LogP contribution is 2.24. The van der Waals surface area contributed by atoms with Crippen molar-refractivity contribution in [1.29, 1.82) is 0 Å². The number of nitrogens with zero attached hydrogens (tertiary/aromatic N) is 2. The molecule has 4 N–H and O–H groups in total. The second kappa shape index (κ2) is 6.41. The fourth-order valence-electron chi connectivity index (χ4n) is 2.46. The number of anilines is 2. The predicted octanol–water partition coefficient (Wildman–Crippen LogP) is 2.94. The summed E-state index contributed by atoms with van der Waals surface area (Å²) >= 11 is 0. The zero-order valence-corrected chi connectivity index (χ0v) is 14.1. The maximum atomic E-state index is 11.7. The predicted molar refractivity (Wildman–Crippen MR) is 97.1 cm³/mol. The summed E-state index contributed by atoms with van der Waals surface area (Å²) in [4.78, 5) is 11.7. The molecule has 0 bridgehead atoms. The molecule has 0 saturated heterocycles. The highest BCUT2D eigenvalue weighted by molar-refractivity contribution is 5.98. The molecule has 6 nitrogen and oxygen atoms in total. The first-order valence-electron chi connectivity index (χ1n) is 7.89. The Bertz CT molecular complexity index is 878. The van der Waals surface area contributed by atoms with Crippen LogP contribution in [0.1, 0.15) is 29.8 Å². The van der Waals surface area contributed by atoms with E-state index in [1.165, 1.54) is 0 Å². The molecule has 6 heteroatoms. The Balaban J connectivity index is 1.91. The Morgan fingerprint density at radius 3 is 2.32 bits per heavy atom. The zero-order chi connectivity index (χ0) is 18.0. The van der Waals surface area contributed by atoms with Gasteiger partial charge < -0.3 is 16.2 Å². The van der Waals surface area contributed by atoms with Gasteiger partial charge in [0, 0.05) is 11.9 Å². The number of rotatable bonds is 5. The second-order valence-electron chi connectivity index (χ2n) is 6.30. The number of nitrogens with one attached hydrogen (secondary N) is 1. The lowest BCUT2D eigenvalue weighted by atomic mass is 9.98. The first-order chi connectivity index (χ1) is 11.8. The van der Waals surface area contributed by atoms with Crippen molar-refractivity contribution in [3.05, 3.63) is 71.9 Å². The molecule has 0 fully saturated rings. The van der Waals surface area contributed by atoms with E-state index in [1.807, 2.05) is 54.6 Å². The number of primary amides is 1. The molecule has 128 valence electrons. The topological polar surface area (TPSA) is 93.2 Å². The van der Waals surface area contributed by atoms with Crippen molar-refractivity contribution in [2.45, 2.75) is 19.4 Å². The molecule has 25 heavy (non-hydrogen) atoms. The van der Waals surface area contributed by atoms with Gasteiger partial charge >= 0.3 is 0 Å². The van der Waals surface area contributed by atoms with E-state index in [4.69, 9.17) is 5.73 Å².